The Morgan fingerprint density at radius 3 is 2.32 bits per heavy atom. The van der Waals surface area contributed by atoms with Gasteiger partial charge < -0.3 is 9.98 Å². The van der Waals surface area contributed by atoms with Gasteiger partial charge in [0.25, 0.3) is 0 Å². The number of sulfone groups is 1. The van der Waals surface area contributed by atoms with E-state index in [1.165, 1.54) is 28.8 Å². The lowest BCUT2D eigenvalue weighted by atomic mass is 10.1. The summed E-state index contributed by atoms with van der Waals surface area (Å²) in [6.07, 6.45) is 0. The maximum Gasteiger partial charge on any atom is 0.242 e. The molecule has 3 aromatic rings. The Morgan fingerprint density at radius 1 is 1.13 bits per heavy atom. The third-order valence-electron chi connectivity index (χ3n) is 4.72. The first-order chi connectivity index (χ1) is 14.6. The van der Waals surface area contributed by atoms with E-state index < -0.39 is 44.3 Å². The number of nitrogens with zero attached hydrogens (tertiary/aromatic N) is 2. The second-order valence-electron chi connectivity index (χ2n) is 6.71. The first-order valence-electron chi connectivity index (χ1n) is 9.19. The second kappa shape index (κ2) is 8.68. The fraction of sp³-hybridized carbons (Fsp3) is 0.190. The molecule has 0 radical (unpaired) electrons. The van der Waals surface area contributed by atoms with Crippen LogP contribution in [0, 0.1) is 24.0 Å². The van der Waals surface area contributed by atoms with Gasteiger partial charge in [-0.25, -0.2) is 22.2 Å². The fourth-order valence-electron chi connectivity index (χ4n) is 3.22. The summed E-state index contributed by atoms with van der Waals surface area (Å²) in [5, 5.41) is 8.05. The molecule has 10 heteroatoms. The van der Waals surface area contributed by atoms with Gasteiger partial charge in [-0.15, -0.1) is 0 Å². The minimum absolute atomic E-state index is 0.0223. The van der Waals surface area contributed by atoms with Crippen molar-refractivity contribution in [3.63, 3.8) is 0 Å². The Morgan fingerprint density at radius 2 is 1.74 bits per heavy atom. The van der Waals surface area contributed by atoms with E-state index in [2.05, 4.69) is 4.98 Å². The molecule has 0 spiro atoms. The molecular formula is C21H18ClF2N3O3S. The van der Waals surface area contributed by atoms with Gasteiger partial charge in [-0.2, -0.15) is 0 Å². The van der Waals surface area contributed by atoms with E-state index in [1.807, 2.05) is 0 Å². The van der Waals surface area contributed by atoms with Crippen LogP contribution < -0.4 is 0 Å². The number of ketones is 1. The maximum absolute atomic E-state index is 14.3. The van der Waals surface area contributed by atoms with E-state index in [4.69, 9.17) is 17.0 Å². The Labute approximate surface area is 182 Å². The Kier molecular flexibility index (Phi) is 6.38. The largest absolute Gasteiger partial charge is 0.325 e. The standard InChI is InChI=1S/C21H18ClF2N3O3S/c1-3-27-12(2)19(18-14(23)8-6-9-15(18)24)26-21(27)20(28)16(25)11-31(29,30)17-10-5-4-7-13(17)22/h4-10,25H,3,11H2,1-2H3. The lowest BCUT2D eigenvalue weighted by Crippen LogP contribution is -2.26. The molecule has 0 atom stereocenters. The number of hydrogen-bond acceptors (Lipinski definition) is 5. The van der Waals surface area contributed by atoms with Gasteiger partial charge in [0, 0.05) is 12.2 Å². The number of carbonyl (C=O) groups is 1. The van der Waals surface area contributed by atoms with Crippen LogP contribution in [0.2, 0.25) is 5.02 Å². The molecule has 0 aliphatic carbocycles. The second-order valence-corrected chi connectivity index (χ2v) is 9.07. The molecule has 0 unspecified atom stereocenters. The molecule has 0 saturated carbocycles. The number of halogens is 3. The summed E-state index contributed by atoms with van der Waals surface area (Å²) in [6, 6.07) is 9.06. The molecule has 0 aliphatic heterocycles. The first-order valence-corrected chi connectivity index (χ1v) is 11.2. The van der Waals surface area contributed by atoms with Gasteiger partial charge in [0.1, 0.15) is 17.4 Å². The third kappa shape index (κ3) is 4.28. The quantitative estimate of drug-likeness (QED) is 0.411. The SMILES string of the molecule is CCn1c(C(=O)C(=N)CS(=O)(=O)c2ccccc2Cl)nc(-c2c(F)cccc2F)c1C. The van der Waals surface area contributed by atoms with Crippen LogP contribution >= 0.6 is 11.6 Å². The van der Waals surface area contributed by atoms with Gasteiger partial charge >= 0.3 is 0 Å². The van der Waals surface area contributed by atoms with Crippen molar-refractivity contribution in [2.24, 2.45) is 0 Å². The summed E-state index contributed by atoms with van der Waals surface area (Å²) in [7, 11) is -4.07. The van der Waals surface area contributed by atoms with Crippen LogP contribution in [0.5, 0.6) is 0 Å². The zero-order valence-corrected chi connectivity index (χ0v) is 18.2. The predicted molar refractivity (Wildman–Crippen MR) is 114 cm³/mol. The normalized spacial score (nSPS) is 11.5. The summed E-state index contributed by atoms with van der Waals surface area (Å²) in [4.78, 5) is 16.8. The van der Waals surface area contributed by atoms with Crippen LogP contribution in [0.25, 0.3) is 11.3 Å². The van der Waals surface area contributed by atoms with Crippen molar-refractivity contribution >= 4 is 32.9 Å². The van der Waals surface area contributed by atoms with Crippen molar-refractivity contribution < 1.29 is 22.0 Å². The minimum Gasteiger partial charge on any atom is -0.325 e. The number of benzene rings is 2. The average molecular weight is 466 g/mol. The third-order valence-corrected chi connectivity index (χ3v) is 6.86. The van der Waals surface area contributed by atoms with Crippen molar-refractivity contribution in [1.82, 2.24) is 9.55 Å². The number of Topliss-reactive ketones (excluding diaryl/α,β-unsaturated/α-hetero) is 1. The zero-order valence-electron chi connectivity index (χ0n) is 16.6. The van der Waals surface area contributed by atoms with E-state index in [0.29, 0.717) is 5.69 Å². The number of aromatic nitrogens is 2. The number of carbonyl (C=O) groups excluding carboxylic acids is 1. The van der Waals surface area contributed by atoms with Crippen LogP contribution in [-0.4, -0.2) is 35.2 Å². The van der Waals surface area contributed by atoms with Crippen LogP contribution in [0.1, 0.15) is 23.2 Å². The molecule has 0 saturated heterocycles. The van der Waals surface area contributed by atoms with Crippen LogP contribution in [0.4, 0.5) is 8.78 Å². The van der Waals surface area contributed by atoms with Gasteiger partial charge in [0.15, 0.2) is 15.7 Å². The molecule has 6 nitrogen and oxygen atoms in total. The monoisotopic (exact) mass is 465 g/mol. The molecule has 1 aromatic heterocycles. The van der Waals surface area contributed by atoms with E-state index in [0.717, 1.165) is 12.1 Å². The number of rotatable bonds is 7. The predicted octanol–water partition coefficient (Wildman–Crippen LogP) is 4.49. The Balaban J connectivity index is 2.00. The topological polar surface area (TPSA) is 92.9 Å². The molecule has 1 heterocycles. The van der Waals surface area contributed by atoms with E-state index in [1.54, 1.807) is 19.9 Å². The molecule has 3 rings (SSSR count). The number of hydrogen-bond donors (Lipinski definition) is 1. The van der Waals surface area contributed by atoms with Crippen molar-refractivity contribution in [2.45, 2.75) is 25.3 Å². The maximum atomic E-state index is 14.3. The average Bonchev–Trinajstić information content (AvgIpc) is 3.03. The lowest BCUT2D eigenvalue weighted by molar-refractivity contribution is 0.105. The Bertz CT molecular complexity index is 1280. The van der Waals surface area contributed by atoms with Gasteiger partial charge in [-0.3, -0.25) is 4.79 Å². The lowest BCUT2D eigenvalue weighted by Gasteiger charge is -2.09. The highest BCUT2D eigenvalue weighted by Crippen LogP contribution is 2.29. The fourth-order valence-corrected chi connectivity index (χ4v) is 5.03. The summed E-state index contributed by atoms with van der Waals surface area (Å²) in [5.74, 6) is -3.81. The van der Waals surface area contributed by atoms with Gasteiger partial charge in [0.05, 0.1) is 26.9 Å². The van der Waals surface area contributed by atoms with Crippen molar-refractivity contribution in [3.8, 4) is 11.3 Å². The van der Waals surface area contributed by atoms with Crippen LogP contribution in [0.3, 0.4) is 0 Å². The number of nitrogens with one attached hydrogen (secondary N) is 1. The van der Waals surface area contributed by atoms with E-state index in [9.17, 15) is 22.0 Å². The molecule has 1 N–H and O–H groups in total. The number of imidazole rings is 1. The zero-order chi connectivity index (χ0) is 22.9. The van der Waals surface area contributed by atoms with E-state index >= 15 is 0 Å². The van der Waals surface area contributed by atoms with Gasteiger partial charge in [-0.1, -0.05) is 29.8 Å². The Hall–Kier alpha value is -2.91. The van der Waals surface area contributed by atoms with Crippen molar-refractivity contribution in [1.29, 1.82) is 5.41 Å². The highest BCUT2D eigenvalue weighted by molar-refractivity contribution is 7.92. The minimum atomic E-state index is -4.07. The summed E-state index contributed by atoms with van der Waals surface area (Å²) >= 11 is 5.94. The first kappa shape index (κ1) is 22.8. The molecule has 2 aromatic carbocycles. The summed E-state index contributed by atoms with van der Waals surface area (Å²) in [6.45, 7) is 3.45. The molecule has 0 aliphatic rings. The van der Waals surface area contributed by atoms with Crippen molar-refractivity contribution in [3.05, 3.63) is 70.6 Å². The van der Waals surface area contributed by atoms with Crippen LogP contribution in [0.15, 0.2) is 47.4 Å². The molecule has 162 valence electrons. The van der Waals surface area contributed by atoms with Crippen molar-refractivity contribution in [2.75, 3.05) is 5.75 Å². The smallest absolute Gasteiger partial charge is 0.242 e. The summed E-state index contributed by atoms with van der Waals surface area (Å²) in [5.41, 5.74) is -0.893. The highest BCUT2D eigenvalue weighted by Gasteiger charge is 2.29. The molecule has 0 fully saturated rings. The van der Waals surface area contributed by atoms with Gasteiger partial charge in [-0.05, 0) is 38.1 Å². The molecular weight excluding hydrogens is 448 g/mol. The molecule has 0 amide bonds. The molecule has 0 bridgehead atoms. The molecule has 31 heavy (non-hydrogen) atoms. The summed E-state index contributed by atoms with van der Waals surface area (Å²) < 4.78 is 55.2. The van der Waals surface area contributed by atoms with Crippen LogP contribution in [-0.2, 0) is 16.4 Å². The van der Waals surface area contributed by atoms with E-state index in [-0.39, 0.29) is 28.0 Å². The highest BCUT2D eigenvalue weighted by atomic mass is 35.5. The van der Waals surface area contributed by atoms with Gasteiger partial charge in [0.2, 0.25) is 5.78 Å².